The van der Waals surface area contributed by atoms with Gasteiger partial charge in [0.2, 0.25) is 0 Å². The molecule has 2 aliphatic rings. The second kappa shape index (κ2) is 12.2. The molecule has 2 aliphatic carbocycles. The molecule has 0 N–H and O–H groups in total. The normalized spacial score (nSPS) is 24.5. The predicted octanol–water partition coefficient (Wildman–Crippen LogP) is 7.17. The molecule has 0 saturated heterocycles. The van der Waals surface area contributed by atoms with Crippen LogP contribution in [0.1, 0.15) is 82.6 Å². The molecule has 134 valence electrons. The van der Waals surface area contributed by atoms with Crippen LogP contribution in [0, 0.1) is 66.1 Å². The first-order chi connectivity index (χ1) is 10.5. The smallest absolute Gasteiger partial charge is 0 e. The minimum Gasteiger partial charge on any atom is -0.344 e. The van der Waals surface area contributed by atoms with Gasteiger partial charge in [-0.1, -0.05) is 76.2 Å². The van der Waals surface area contributed by atoms with Gasteiger partial charge >= 0.3 is 0 Å². The van der Waals surface area contributed by atoms with E-state index in [1.165, 1.54) is 59.2 Å². The first-order valence-corrected chi connectivity index (χ1v) is 8.71. The first-order valence-electron chi connectivity index (χ1n) is 8.71. The molecule has 10 radical (unpaired) electrons. The Labute approximate surface area is 170 Å². The van der Waals surface area contributed by atoms with Crippen LogP contribution in [0.3, 0.4) is 0 Å². The van der Waals surface area contributed by atoms with Crippen molar-refractivity contribution in [3.63, 3.8) is 0 Å². The molecule has 2 rings (SSSR count). The fourth-order valence-corrected chi connectivity index (χ4v) is 2.81. The first kappa shape index (κ1) is 26.9. The van der Waals surface area contributed by atoms with Gasteiger partial charge in [-0.15, -0.1) is 0 Å². The van der Waals surface area contributed by atoms with Crippen LogP contribution in [0.4, 0.5) is 0 Å². The van der Waals surface area contributed by atoms with Crippen LogP contribution in [0.5, 0.6) is 0 Å². The van der Waals surface area contributed by atoms with Crippen molar-refractivity contribution in [1.29, 1.82) is 0 Å². The van der Waals surface area contributed by atoms with Crippen molar-refractivity contribution in [3.05, 3.63) is 66.1 Å². The van der Waals surface area contributed by atoms with Crippen LogP contribution in [-0.4, -0.2) is 0 Å². The van der Waals surface area contributed by atoms with Gasteiger partial charge in [0, 0.05) is 21.7 Å². The zero-order chi connectivity index (χ0) is 18.5. The summed E-state index contributed by atoms with van der Waals surface area (Å²) in [7, 11) is 0. The molecule has 0 amide bonds. The van der Waals surface area contributed by atoms with Crippen molar-refractivity contribution < 1.29 is 21.7 Å². The SMILES string of the molecule is C[C]1[C](C)[C](C)[C](C)[C]1C.C[C]1[C](C)[C](C)[C](C)[C]1C.[CH2-]CC.[Ti]. The summed E-state index contributed by atoms with van der Waals surface area (Å²) in [6, 6.07) is 0. The molecule has 0 spiro atoms. The van der Waals surface area contributed by atoms with Gasteiger partial charge in [0.15, 0.2) is 0 Å². The third-order valence-electron chi connectivity index (χ3n) is 5.62. The van der Waals surface area contributed by atoms with E-state index >= 15 is 0 Å². The molecular formula is C23H37Ti-. The van der Waals surface area contributed by atoms with Crippen LogP contribution in [0.2, 0.25) is 0 Å². The summed E-state index contributed by atoms with van der Waals surface area (Å²) < 4.78 is 0. The Balaban J connectivity index is 0. The Bertz CT molecular complexity index is 193. The average Bonchev–Trinajstić information content (AvgIpc) is 2.80. The van der Waals surface area contributed by atoms with Gasteiger partial charge in [-0.25, -0.2) is 0 Å². The fourth-order valence-electron chi connectivity index (χ4n) is 2.81. The van der Waals surface area contributed by atoms with E-state index in [2.05, 4.69) is 76.2 Å². The van der Waals surface area contributed by atoms with Crippen molar-refractivity contribution in [1.82, 2.24) is 0 Å². The van der Waals surface area contributed by atoms with E-state index in [0.717, 1.165) is 6.42 Å². The Morgan fingerprint density at radius 3 is 0.500 bits per heavy atom. The Hall–Kier alpha value is 0.714. The molecular weight excluding hydrogens is 324 g/mol. The molecule has 2 saturated carbocycles. The predicted molar refractivity (Wildman–Crippen MR) is 105 cm³/mol. The van der Waals surface area contributed by atoms with E-state index in [9.17, 15) is 0 Å². The monoisotopic (exact) mass is 361 g/mol. The molecule has 0 unspecified atom stereocenters. The molecule has 0 heterocycles. The van der Waals surface area contributed by atoms with Crippen molar-refractivity contribution in [2.75, 3.05) is 0 Å². The summed E-state index contributed by atoms with van der Waals surface area (Å²) >= 11 is 0. The van der Waals surface area contributed by atoms with Gasteiger partial charge < -0.3 is 6.92 Å². The summed E-state index contributed by atoms with van der Waals surface area (Å²) in [6.07, 6.45) is 1.00. The van der Waals surface area contributed by atoms with E-state index in [1.54, 1.807) is 0 Å². The van der Waals surface area contributed by atoms with Gasteiger partial charge in [-0.2, -0.15) is 6.42 Å². The Morgan fingerprint density at radius 2 is 0.458 bits per heavy atom. The molecule has 0 nitrogen and oxygen atoms in total. The van der Waals surface area contributed by atoms with Crippen molar-refractivity contribution in [3.8, 4) is 0 Å². The van der Waals surface area contributed by atoms with E-state index in [1.807, 2.05) is 6.92 Å². The van der Waals surface area contributed by atoms with E-state index in [-0.39, 0.29) is 21.7 Å². The van der Waals surface area contributed by atoms with E-state index in [0.29, 0.717) is 0 Å². The summed E-state index contributed by atoms with van der Waals surface area (Å²) in [5, 5.41) is 0. The molecule has 2 fully saturated rings. The zero-order valence-corrected chi connectivity index (χ0v) is 19.5. The van der Waals surface area contributed by atoms with Gasteiger partial charge in [0.1, 0.15) is 0 Å². The Morgan fingerprint density at radius 1 is 0.417 bits per heavy atom. The standard InChI is InChI=1S/2C10H15.C3H7.Ti/c2*1-6-7(2)9(4)10(5)8(6)3;1-3-2;/h2*1-5H3;1,3H2,2H3;/q;;-1;. The second-order valence-electron chi connectivity index (χ2n) is 6.75. The van der Waals surface area contributed by atoms with Crippen LogP contribution in [-0.2, 0) is 21.7 Å². The maximum atomic E-state index is 3.49. The van der Waals surface area contributed by atoms with Crippen LogP contribution < -0.4 is 0 Å². The molecule has 1 heteroatoms. The van der Waals surface area contributed by atoms with E-state index in [4.69, 9.17) is 0 Å². The molecule has 0 aromatic carbocycles. The minimum atomic E-state index is 0. The molecule has 0 atom stereocenters. The third-order valence-corrected chi connectivity index (χ3v) is 5.62. The third kappa shape index (κ3) is 6.46. The van der Waals surface area contributed by atoms with Crippen molar-refractivity contribution in [2.45, 2.75) is 82.6 Å². The molecule has 0 bridgehead atoms. The molecule has 24 heavy (non-hydrogen) atoms. The van der Waals surface area contributed by atoms with Gasteiger partial charge in [0.25, 0.3) is 0 Å². The van der Waals surface area contributed by atoms with Crippen LogP contribution >= 0.6 is 0 Å². The van der Waals surface area contributed by atoms with Gasteiger partial charge in [-0.05, 0) is 59.2 Å². The van der Waals surface area contributed by atoms with Crippen molar-refractivity contribution >= 4 is 0 Å². The average molecular weight is 361 g/mol. The van der Waals surface area contributed by atoms with Crippen molar-refractivity contribution in [2.24, 2.45) is 0 Å². The van der Waals surface area contributed by atoms with Crippen LogP contribution in [0.15, 0.2) is 0 Å². The quantitative estimate of drug-likeness (QED) is 0.317. The summed E-state index contributed by atoms with van der Waals surface area (Å²) in [4.78, 5) is 0. The largest absolute Gasteiger partial charge is 0.344 e. The number of hydrogen-bond donors (Lipinski definition) is 0. The maximum Gasteiger partial charge on any atom is 0 e. The van der Waals surface area contributed by atoms with Gasteiger partial charge in [-0.3, -0.25) is 0 Å². The topological polar surface area (TPSA) is 0 Å². The number of rotatable bonds is 0. The van der Waals surface area contributed by atoms with Crippen LogP contribution in [0.25, 0.3) is 0 Å². The van der Waals surface area contributed by atoms with E-state index < -0.39 is 0 Å². The second-order valence-corrected chi connectivity index (χ2v) is 6.75. The molecule has 0 aromatic heterocycles. The minimum absolute atomic E-state index is 0. The molecule has 0 aliphatic heterocycles. The zero-order valence-electron chi connectivity index (χ0n) is 17.9. The summed E-state index contributed by atoms with van der Waals surface area (Å²) in [5.74, 6) is 14.7. The van der Waals surface area contributed by atoms with Gasteiger partial charge in [0.05, 0.1) is 0 Å². The maximum absolute atomic E-state index is 3.49. The summed E-state index contributed by atoms with van der Waals surface area (Å²) in [5.41, 5.74) is 0. The number of hydrogen-bond acceptors (Lipinski definition) is 0. The fraction of sp³-hybridized carbons (Fsp3) is 0.522. The molecule has 0 aromatic rings. The Kier molecular flexibility index (Phi) is 13.7. The summed E-state index contributed by atoms with van der Waals surface area (Å²) in [6.45, 7) is 27.5.